The van der Waals surface area contributed by atoms with Gasteiger partial charge in [-0.1, -0.05) is 0 Å². The van der Waals surface area contributed by atoms with Gasteiger partial charge in [-0.05, 0) is 31.9 Å². The van der Waals surface area contributed by atoms with E-state index < -0.39 is 17.7 Å². The zero-order chi connectivity index (χ0) is 16.0. The Hall–Kier alpha value is -2.44. The maximum absolute atomic E-state index is 13.6. The third-order valence-electron chi connectivity index (χ3n) is 2.95. The first-order chi connectivity index (χ1) is 9.81. The molecule has 0 aromatic heterocycles. The lowest BCUT2D eigenvalue weighted by Gasteiger charge is -2.10. The highest BCUT2D eigenvalue weighted by atomic mass is 19.1. The van der Waals surface area contributed by atoms with Crippen LogP contribution in [-0.4, -0.2) is 22.9 Å². The van der Waals surface area contributed by atoms with Crippen LogP contribution >= 0.6 is 0 Å². The minimum absolute atomic E-state index is 0.00189. The van der Waals surface area contributed by atoms with Gasteiger partial charge in [0.05, 0.1) is 0 Å². The highest BCUT2D eigenvalue weighted by Crippen LogP contribution is 2.21. The van der Waals surface area contributed by atoms with Gasteiger partial charge < -0.3 is 16.2 Å². The summed E-state index contributed by atoms with van der Waals surface area (Å²) in [4.78, 5) is 33.1. The Morgan fingerprint density at radius 2 is 1.86 bits per heavy atom. The maximum Gasteiger partial charge on any atom is 0.303 e. The highest BCUT2D eigenvalue weighted by molar-refractivity contribution is 5.97. The molecule has 0 fully saturated rings. The number of carboxylic acids is 1. The van der Waals surface area contributed by atoms with Gasteiger partial charge in [0, 0.05) is 29.7 Å². The van der Waals surface area contributed by atoms with Crippen LogP contribution in [-0.2, 0) is 9.59 Å². The van der Waals surface area contributed by atoms with Gasteiger partial charge in [0.25, 0.3) is 0 Å². The smallest absolute Gasteiger partial charge is 0.303 e. The lowest BCUT2D eigenvalue weighted by Crippen LogP contribution is -2.16. The van der Waals surface area contributed by atoms with E-state index in [0.717, 1.165) is 6.07 Å². The minimum atomic E-state index is -0.914. The Bertz CT molecular complexity index is 572. The first kappa shape index (κ1) is 16.6. The topological polar surface area (TPSA) is 109 Å². The predicted octanol–water partition coefficient (Wildman–Crippen LogP) is 1.82. The average molecular weight is 296 g/mol. The number of amides is 2. The molecule has 1 rings (SSSR count). The molecule has 21 heavy (non-hydrogen) atoms. The maximum atomic E-state index is 13.6. The molecule has 0 saturated heterocycles. The molecule has 6 nitrogen and oxygen atoms in total. The molecule has 0 unspecified atom stereocenters. The molecule has 0 spiro atoms. The summed E-state index contributed by atoms with van der Waals surface area (Å²) < 4.78 is 13.6. The first-order valence-electron chi connectivity index (χ1n) is 6.43. The van der Waals surface area contributed by atoms with Crippen LogP contribution in [0.25, 0.3) is 0 Å². The number of hydrogen-bond donors (Lipinski definition) is 3. The number of carbonyl (C=O) groups excluding carboxylic acids is 2. The standard InChI is InChI=1S/C14H17FN2O4/c1-8-10(15)6-9(14(16)21)7-11(8)17-12(18)4-2-3-5-13(19)20/h6-7H,2-5H2,1H3,(H2,16,21)(H,17,18)(H,19,20). The van der Waals surface area contributed by atoms with Crippen LogP contribution in [0.5, 0.6) is 0 Å². The van der Waals surface area contributed by atoms with Crippen molar-refractivity contribution >= 4 is 23.5 Å². The number of benzene rings is 1. The summed E-state index contributed by atoms with van der Waals surface area (Å²) >= 11 is 0. The monoisotopic (exact) mass is 296 g/mol. The minimum Gasteiger partial charge on any atom is -0.481 e. The van der Waals surface area contributed by atoms with Crippen LogP contribution in [0.2, 0.25) is 0 Å². The van der Waals surface area contributed by atoms with Crippen LogP contribution in [0.15, 0.2) is 12.1 Å². The number of rotatable bonds is 7. The number of nitrogens with two attached hydrogens (primary N) is 1. The summed E-state index contributed by atoms with van der Waals surface area (Å²) in [6.45, 7) is 1.47. The molecular formula is C14H17FN2O4. The normalized spacial score (nSPS) is 10.2. The van der Waals surface area contributed by atoms with Crippen molar-refractivity contribution in [3.8, 4) is 0 Å². The second kappa shape index (κ2) is 7.37. The van der Waals surface area contributed by atoms with Crippen molar-refractivity contribution in [2.45, 2.75) is 32.6 Å². The van der Waals surface area contributed by atoms with Crippen molar-refractivity contribution in [1.29, 1.82) is 0 Å². The molecule has 0 radical (unpaired) electrons. The van der Waals surface area contributed by atoms with Crippen LogP contribution in [0.4, 0.5) is 10.1 Å². The van der Waals surface area contributed by atoms with Gasteiger partial charge in [0.1, 0.15) is 5.82 Å². The Balaban J connectivity index is 2.67. The van der Waals surface area contributed by atoms with Gasteiger partial charge >= 0.3 is 5.97 Å². The number of carbonyl (C=O) groups is 3. The van der Waals surface area contributed by atoms with Gasteiger partial charge in [-0.25, -0.2) is 4.39 Å². The van der Waals surface area contributed by atoms with Gasteiger partial charge in [-0.3, -0.25) is 14.4 Å². The van der Waals surface area contributed by atoms with Gasteiger partial charge in [-0.2, -0.15) is 0 Å². The first-order valence-corrected chi connectivity index (χ1v) is 6.43. The fourth-order valence-electron chi connectivity index (χ4n) is 1.73. The second-order valence-electron chi connectivity index (χ2n) is 4.64. The molecule has 114 valence electrons. The average Bonchev–Trinajstić information content (AvgIpc) is 2.39. The van der Waals surface area contributed by atoms with Crippen LogP contribution in [0.1, 0.15) is 41.6 Å². The third-order valence-corrected chi connectivity index (χ3v) is 2.95. The largest absolute Gasteiger partial charge is 0.481 e. The van der Waals surface area contributed by atoms with Gasteiger partial charge in [-0.15, -0.1) is 0 Å². The number of unbranched alkanes of at least 4 members (excludes halogenated alkanes) is 1. The fourth-order valence-corrected chi connectivity index (χ4v) is 1.73. The fraction of sp³-hybridized carbons (Fsp3) is 0.357. The molecule has 0 heterocycles. The van der Waals surface area contributed by atoms with Crippen molar-refractivity contribution in [2.75, 3.05) is 5.32 Å². The number of hydrogen-bond acceptors (Lipinski definition) is 3. The molecule has 0 atom stereocenters. The number of halogens is 1. The zero-order valence-corrected chi connectivity index (χ0v) is 11.6. The number of anilines is 1. The molecule has 0 bridgehead atoms. The van der Waals surface area contributed by atoms with Crippen molar-refractivity contribution in [3.63, 3.8) is 0 Å². The van der Waals surface area contributed by atoms with E-state index in [-0.39, 0.29) is 35.6 Å². The highest BCUT2D eigenvalue weighted by Gasteiger charge is 2.12. The zero-order valence-electron chi connectivity index (χ0n) is 11.6. The summed E-state index contributed by atoms with van der Waals surface area (Å²) in [6, 6.07) is 2.33. The number of primary amides is 1. The molecule has 1 aromatic rings. The number of carboxylic acid groups (broad SMARTS) is 1. The molecule has 2 amide bonds. The summed E-state index contributed by atoms with van der Waals surface area (Å²) in [7, 11) is 0. The SMILES string of the molecule is Cc1c(F)cc(C(N)=O)cc1NC(=O)CCCCC(=O)O. The summed E-state index contributed by atoms with van der Waals surface area (Å²) in [5.41, 5.74) is 5.45. The van der Waals surface area contributed by atoms with Crippen LogP contribution in [0.3, 0.4) is 0 Å². The lowest BCUT2D eigenvalue weighted by atomic mass is 10.1. The molecule has 4 N–H and O–H groups in total. The van der Waals surface area contributed by atoms with E-state index in [1.54, 1.807) is 0 Å². The van der Waals surface area contributed by atoms with Crippen LogP contribution in [0, 0.1) is 12.7 Å². The quantitative estimate of drug-likeness (QED) is 0.666. The Kier molecular flexibility index (Phi) is 5.83. The summed E-state index contributed by atoms with van der Waals surface area (Å²) in [5.74, 6) is -2.70. The Morgan fingerprint density at radius 1 is 1.24 bits per heavy atom. The molecular weight excluding hydrogens is 279 g/mol. The Morgan fingerprint density at radius 3 is 2.43 bits per heavy atom. The van der Waals surface area contributed by atoms with Crippen molar-refractivity contribution in [2.24, 2.45) is 5.73 Å². The van der Waals surface area contributed by atoms with Crippen LogP contribution < -0.4 is 11.1 Å². The number of nitrogens with one attached hydrogen (secondary N) is 1. The van der Waals surface area contributed by atoms with Crippen molar-refractivity contribution < 1.29 is 23.9 Å². The molecule has 0 aliphatic carbocycles. The molecule has 1 aromatic carbocycles. The molecule has 0 aliphatic rings. The lowest BCUT2D eigenvalue weighted by molar-refractivity contribution is -0.137. The molecule has 7 heteroatoms. The van der Waals surface area contributed by atoms with E-state index in [4.69, 9.17) is 10.8 Å². The second-order valence-corrected chi connectivity index (χ2v) is 4.64. The van der Waals surface area contributed by atoms with Gasteiger partial charge in [0.15, 0.2) is 0 Å². The van der Waals surface area contributed by atoms with E-state index in [9.17, 15) is 18.8 Å². The molecule has 0 aliphatic heterocycles. The predicted molar refractivity (Wildman–Crippen MR) is 74.4 cm³/mol. The number of aliphatic carboxylic acids is 1. The van der Waals surface area contributed by atoms with E-state index in [1.165, 1.54) is 13.0 Å². The Labute approximate surface area is 121 Å². The third kappa shape index (κ3) is 5.21. The van der Waals surface area contributed by atoms with Crippen molar-refractivity contribution in [1.82, 2.24) is 0 Å². The van der Waals surface area contributed by atoms with E-state index in [0.29, 0.717) is 12.8 Å². The summed E-state index contributed by atoms with van der Waals surface area (Å²) in [6.07, 6.45) is 0.916. The van der Waals surface area contributed by atoms with E-state index >= 15 is 0 Å². The summed E-state index contributed by atoms with van der Waals surface area (Å²) in [5, 5.41) is 11.0. The van der Waals surface area contributed by atoms with E-state index in [1.807, 2.05) is 0 Å². The van der Waals surface area contributed by atoms with Gasteiger partial charge in [0.2, 0.25) is 11.8 Å². The van der Waals surface area contributed by atoms with E-state index in [2.05, 4.69) is 5.32 Å². The molecule has 0 saturated carbocycles. The van der Waals surface area contributed by atoms with Crippen molar-refractivity contribution in [3.05, 3.63) is 29.1 Å².